The number of aliphatic hydroxyl groups excluding tert-OH is 1. The van der Waals surface area contributed by atoms with Crippen LogP contribution in [0, 0.1) is 0 Å². The van der Waals surface area contributed by atoms with Gasteiger partial charge in [0.05, 0.1) is 0 Å². The fourth-order valence-corrected chi connectivity index (χ4v) is 2.50. The van der Waals surface area contributed by atoms with Gasteiger partial charge in [0.2, 0.25) is 0 Å². The quantitative estimate of drug-likeness (QED) is 0.710. The highest BCUT2D eigenvalue weighted by Gasteiger charge is 2.29. The molecule has 0 spiro atoms. The van der Waals surface area contributed by atoms with Crippen LogP contribution in [0.15, 0.2) is 30.3 Å². The molecule has 0 unspecified atom stereocenters. The minimum Gasteiger partial charge on any atom is -0.396 e. The van der Waals surface area contributed by atoms with Crippen molar-refractivity contribution in [1.82, 2.24) is 5.32 Å². The van der Waals surface area contributed by atoms with Crippen LogP contribution in [0.25, 0.3) is 0 Å². The number of hydrogen-bond donors (Lipinski definition) is 2. The van der Waals surface area contributed by atoms with E-state index in [1.807, 2.05) is 0 Å². The van der Waals surface area contributed by atoms with Crippen molar-refractivity contribution < 1.29 is 5.11 Å². The smallest absolute Gasteiger partial charge is 0.0431 e. The second kappa shape index (κ2) is 6.77. The summed E-state index contributed by atoms with van der Waals surface area (Å²) in [4.78, 5) is 0. The molecule has 2 rings (SSSR count). The van der Waals surface area contributed by atoms with E-state index in [0.29, 0.717) is 12.6 Å². The summed E-state index contributed by atoms with van der Waals surface area (Å²) in [6.45, 7) is 1.44. The predicted molar refractivity (Wildman–Crippen MR) is 71.1 cm³/mol. The van der Waals surface area contributed by atoms with Crippen molar-refractivity contribution in [2.24, 2.45) is 0 Å². The Morgan fingerprint density at radius 2 is 1.82 bits per heavy atom. The number of unbranched alkanes of at least 4 members (excludes halogenated alkanes) is 2. The zero-order valence-electron chi connectivity index (χ0n) is 10.4. The molecule has 1 aromatic carbocycles. The molecule has 1 aliphatic rings. The Kier molecular flexibility index (Phi) is 5.02. The topological polar surface area (TPSA) is 32.3 Å². The normalized spacial score (nSPS) is 23.4. The van der Waals surface area contributed by atoms with Crippen LogP contribution < -0.4 is 5.32 Å². The molecule has 1 saturated carbocycles. The van der Waals surface area contributed by atoms with Gasteiger partial charge in [-0.15, -0.1) is 0 Å². The number of aliphatic hydroxyl groups is 1. The summed E-state index contributed by atoms with van der Waals surface area (Å²) in [5.41, 5.74) is 1.49. The third-order valence-electron chi connectivity index (χ3n) is 3.68. The lowest BCUT2D eigenvalue weighted by Gasteiger charge is -2.36. The first-order chi connectivity index (χ1) is 8.40. The maximum atomic E-state index is 8.67. The molecule has 0 atom stereocenters. The molecule has 1 aromatic rings. The molecule has 0 aromatic heterocycles. The summed E-state index contributed by atoms with van der Waals surface area (Å²) in [5, 5.41) is 12.3. The largest absolute Gasteiger partial charge is 0.396 e. The number of benzene rings is 1. The highest BCUT2D eigenvalue weighted by atomic mass is 16.2. The van der Waals surface area contributed by atoms with E-state index in [0.717, 1.165) is 25.3 Å². The lowest BCUT2D eigenvalue weighted by atomic mass is 9.76. The highest BCUT2D eigenvalue weighted by molar-refractivity contribution is 5.22. The zero-order chi connectivity index (χ0) is 11.9. The maximum Gasteiger partial charge on any atom is 0.0431 e. The lowest BCUT2D eigenvalue weighted by Crippen LogP contribution is -2.40. The molecular weight excluding hydrogens is 210 g/mol. The third-order valence-corrected chi connectivity index (χ3v) is 3.68. The Balaban J connectivity index is 1.57. The third kappa shape index (κ3) is 3.83. The molecule has 0 bridgehead atoms. The molecule has 0 heterocycles. The molecule has 0 aliphatic heterocycles. The fourth-order valence-electron chi connectivity index (χ4n) is 2.50. The van der Waals surface area contributed by atoms with Gasteiger partial charge in [0.25, 0.3) is 0 Å². The van der Waals surface area contributed by atoms with Crippen molar-refractivity contribution >= 4 is 0 Å². The van der Waals surface area contributed by atoms with Gasteiger partial charge >= 0.3 is 0 Å². The summed E-state index contributed by atoms with van der Waals surface area (Å²) >= 11 is 0. The van der Waals surface area contributed by atoms with Gasteiger partial charge in [-0.25, -0.2) is 0 Å². The Morgan fingerprint density at radius 3 is 2.53 bits per heavy atom. The average Bonchev–Trinajstić information content (AvgIpc) is 2.32. The van der Waals surface area contributed by atoms with Crippen LogP contribution in [0.3, 0.4) is 0 Å². The van der Waals surface area contributed by atoms with Crippen LogP contribution in [-0.2, 0) is 0 Å². The van der Waals surface area contributed by atoms with Crippen molar-refractivity contribution in [2.75, 3.05) is 13.2 Å². The average molecular weight is 233 g/mol. The monoisotopic (exact) mass is 233 g/mol. The molecule has 0 saturated heterocycles. The Bertz CT molecular complexity index is 306. The van der Waals surface area contributed by atoms with E-state index in [1.165, 1.54) is 24.8 Å². The van der Waals surface area contributed by atoms with Gasteiger partial charge in [0, 0.05) is 12.6 Å². The number of nitrogens with one attached hydrogen (secondary N) is 1. The van der Waals surface area contributed by atoms with Gasteiger partial charge in [-0.3, -0.25) is 0 Å². The van der Waals surface area contributed by atoms with E-state index in [2.05, 4.69) is 35.6 Å². The first-order valence-corrected chi connectivity index (χ1v) is 6.79. The van der Waals surface area contributed by atoms with E-state index in [4.69, 9.17) is 5.11 Å². The molecule has 94 valence electrons. The van der Waals surface area contributed by atoms with Crippen molar-refractivity contribution in [3.8, 4) is 0 Å². The second-order valence-corrected chi connectivity index (χ2v) is 5.01. The molecule has 2 heteroatoms. The van der Waals surface area contributed by atoms with Crippen molar-refractivity contribution in [3.05, 3.63) is 35.9 Å². The van der Waals surface area contributed by atoms with E-state index in [9.17, 15) is 0 Å². The Morgan fingerprint density at radius 1 is 1.06 bits per heavy atom. The summed E-state index contributed by atoms with van der Waals surface area (Å²) in [7, 11) is 0. The minimum atomic E-state index is 0.333. The molecule has 1 fully saturated rings. The first-order valence-electron chi connectivity index (χ1n) is 6.79. The molecule has 2 N–H and O–H groups in total. The van der Waals surface area contributed by atoms with Crippen LogP contribution in [0.5, 0.6) is 0 Å². The number of hydrogen-bond acceptors (Lipinski definition) is 2. The van der Waals surface area contributed by atoms with E-state index in [1.54, 1.807) is 0 Å². The summed E-state index contributed by atoms with van der Waals surface area (Å²) in [6, 6.07) is 11.5. The first kappa shape index (κ1) is 12.6. The number of rotatable bonds is 7. The van der Waals surface area contributed by atoms with Gasteiger partial charge in [-0.05, 0) is 50.1 Å². The SMILES string of the molecule is OCCCCCNC1CC(c2ccccc2)C1. The molecule has 17 heavy (non-hydrogen) atoms. The van der Waals surface area contributed by atoms with E-state index < -0.39 is 0 Å². The van der Waals surface area contributed by atoms with Gasteiger partial charge in [0.1, 0.15) is 0 Å². The highest BCUT2D eigenvalue weighted by Crippen LogP contribution is 2.36. The van der Waals surface area contributed by atoms with Crippen molar-refractivity contribution in [1.29, 1.82) is 0 Å². The molecule has 0 radical (unpaired) electrons. The molecule has 0 amide bonds. The standard InChI is InChI=1S/C15H23NO/c17-10-6-2-5-9-16-15-11-14(12-15)13-7-3-1-4-8-13/h1,3-4,7-8,14-17H,2,5-6,9-12H2. The van der Waals surface area contributed by atoms with Crippen LogP contribution in [0.1, 0.15) is 43.6 Å². The Labute approximate surface area is 104 Å². The fraction of sp³-hybridized carbons (Fsp3) is 0.600. The van der Waals surface area contributed by atoms with E-state index >= 15 is 0 Å². The molecule has 1 aliphatic carbocycles. The predicted octanol–water partition coefficient (Wildman–Crippen LogP) is 2.68. The maximum absolute atomic E-state index is 8.67. The van der Waals surface area contributed by atoms with Crippen molar-refractivity contribution in [3.63, 3.8) is 0 Å². The summed E-state index contributed by atoms with van der Waals surface area (Å²) < 4.78 is 0. The van der Waals surface area contributed by atoms with Gasteiger partial charge in [-0.2, -0.15) is 0 Å². The second-order valence-electron chi connectivity index (χ2n) is 5.01. The van der Waals surface area contributed by atoms with Gasteiger partial charge < -0.3 is 10.4 Å². The Hall–Kier alpha value is -0.860. The van der Waals surface area contributed by atoms with Crippen molar-refractivity contribution in [2.45, 2.75) is 44.1 Å². The molecular formula is C15H23NO. The van der Waals surface area contributed by atoms with Gasteiger partial charge in [-0.1, -0.05) is 30.3 Å². The van der Waals surface area contributed by atoms with Crippen LogP contribution >= 0.6 is 0 Å². The summed E-state index contributed by atoms with van der Waals surface area (Å²) in [5.74, 6) is 0.770. The van der Waals surface area contributed by atoms with Gasteiger partial charge in [0.15, 0.2) is 0 Å². The minimum absolute atomic E-state index is 0.333. The lowest BCUT2D eigenvalue weighted by molar-refractivity contribution is 0.273. The summed E-state index contributed by atoms with van der Waals surface area (Å²) in [6.07, 6.45) is 5.83. The zero-order valence-corrected chi connectivity index (χ0v) is 10.4. The van der Waals surface area contributed by atoms with Crippen LogP contribution in [0.2, 0.25) is 0 Å². The molecule has 2 nitrogen and oxygen atoms in total. The van der Waals surface area contributed by atoms with Crippen LogP contribution in [-0.4, -0.2) is 24.3 Å². The van der Waals surface area contributed by atoms with E-state index in [-0.39, 0.29) is 0 Å². The van der Waals surface area contributed by atoms with Crippen LogP contribution in [0.4, 0.5) is 0 Å².